The number of benzene rings is 1. The van der Waals surface area contributed by atoms with Gasteiger partial charge in [-0.25, -0.2) is 4.98 Å². The van der Waals surface area contributed by atoms with Gasteiger partial charge in [-0.3, -0.25) is 0 Å². The van der Waals surface area contributed by atoms with Crippen LogP contribution in [-0.2, 0) is 13.0 Å². The average molecular weight is 284 g/mol. The molecule has 0 atom stereocenters. The molecule has 0 amide bonds. The summed E-state index contributed by atoms with van der Waals surface area (Å²) in [5.41, 5.74) is 2.25. The first kappa shape index (κ1) is 13.1. The number of rotatable bonds is 6. The molecule has 0 saturated carbocycles. The first-order valence-corrected chi connectivity index (χ1v) is 7.53. The van der Waals surface area contributed by atoms with Crippen LogP contribution in [0.25, 0.3) is 11.3 Å². The summed E-state index contributed by atoms with van der Waals surface area (Å²) >= 11 is 1.72. The molecule has 2 aromatic heterocycles. The molecule has 0 aliphatic heterocycles. The zero-order valence-corrected chi connectivity index (χ0v) is 11.9. The molecule has 3 rings (SSSR count). The molecule has 0 unspecified atom stereocenters. The zero-order chi connectivity index (χ0) is 13.6. The highest BCUT2D eigenvalue weighted by atomic mass is 32.1. The average Bonchev–Trinajstić information content (AvgIpc) is 3.16. The van der Waals surface area contributed by atoms with Crippen molar-refractivity contribution in [3.8, 4) is 11.3 Å². The van der Waals surface area contributed by atoms with Gasteiger partial charge >= 0.3 is 0 Å². The van der Waals surface area contributed by atoms with Crippen molar-refractivity contribution in [1.82, 2.24) is 10.3 Å². The summed E-state index contributed by atoms with van der Waals surface area (Å²) in [7, 11) is 0. The minimum absolute atomic E-state index is 0.768. The summed E-state index contributed by atoms with van der Waals surface area (Å²) in [5, 5.41) is 6.64. The van der Waals surface area contributed by atoms with Crippen molar-refractivity contribution in [2.75, 3.05) is 6.54 Å². The minimum atomic E-state index is 0.768. The van der Waals surface area contributed by atoms with Gasteiger partial charge in [0, 0.05) is 23.9 Å². The van der Waals surface area contributed by atoms with E-state index in [2.05, 4.69) is 27.8 Å². The van der Waals surface area contributed by atoms with Gasteiger partial charge in [-0.1, -0.05) is 30.3 Å². The maximum atomic E-state index is 5.27. The van der Waals surface area contributed by atoms with E-state index in [4.69, 9.17) is 4.42 Å². The van der Waals surface area contributed by atoms with E-state index >= 15 is 0 Å². The molecule has 4 heteroatoms. The molecule has 0 bridgehead atoms. The molecule has 102 valence electrons. The molecule has 20 heavy (non-hydrogen) atoms. The molecule has 0 aliphatic rings. The molecule has 0 spiro atoms. The second kappa shape index (κ2) is 6.50. The van der Waals surface area contributed by atoms with Crippen molar-refractivity contribution in [2.45, 2.75) is 13.0 Å². The summed E-state index contributed by atoms with van der Waals surface area (Å²) in [4.78, 5) is 4.67. The summed E-state index contributed by atoms with van der Waals surface area (Å²) in [6.07, 6.45) is 2.64. The van der Waals surface area contributed by atoms with Gasteiger partial charge in [0.25, 0.3) is 0 Å². The molecule has 0 radical (unpaired) electrons. The topological polar surface area (TPSA) is 38.1 Å². The summed E-state index contributed by atoms with van der Waals surface area (Å²) in [5.74, 6) is 0.967. The quantitative estimate of drug-likeness (QED) is 0.701. The Morgan fingerprint density at radius 2 is 2.00 bits per heavy atom. The summed E-state index contributed by atoms with van der Waals surface area (Å²) in [6.45, 7) is 1.67. The molecule has 0 aliphatic carbocycles. The van der Waals surface area contributed by atoms with Crippen LogP contribution in [0.1, 0.15) is 10.8 Å². The highest BCUT2D eigenvalue weighted by molar-refractivity contribution is 7.09. The standard InChI is InChI=1S/C16H16N2OS/c1-2-5-13(6-3-1)15-12-20-16(18-15)8-9-17-11-14-7-4-10-19-14/h1-7,10,12,17H,8-9,11H2. The Bertz CT molecular complexity index is 632. The highest BCUT2D eigenvalue weighted by Crippen LogP contribution is 2.21. The van der Waals surface area contributed by atoms with Crippen LogP contribution in [0.2, 0.25) is 0 Å². The predicted molar refractivity (Wildman–Crippen MR) is 81.7 cm³/mol. The van der Waals surface area contributed by atoms with Crippen molar-refractivity contribution in [3.63, 3.8) is 0 Å². The summed E-state index contributed by atoms with van der Waals surface area (Å²) < 4.78 is 5.27. The Morgan fingerprint density at radius 3 is 2.80 bits per heavy atom. The van der Waals surface area contributed by atoms with E-state index in [1.807, 2.05) is 30.3 Å². The summed E-state index contributed by atoms with van der Waals surface area (Å²) in [6, 6.07) is 14.2. The number of aromatic nitrogens is 1. The number of thiazole rings is 1. The van der Waals surface area contributed by atoms with Gasteiger partial charge in [0.1, 0.15) is 5.76 Å². The van der Waals surface area contributed by atoms with Crippen molar-refractivity contribution < 1.29 is 4.42 Å². The van der Waals surface area contributed by atoms with Gasteiger partial charge in [-0.05, 0) is 12.1 Å². The third-order valence-corrected chi connectivity index (χ3v) is 3.92. The molecule has 3 aromatic rings. The number of nitrogens with one attached hydrogen (secondary N) is 1. The van der Waals surface area contributed by atoms with Crippen LogP contribution < -0.4 is 5.32 Å². The van der Waals surface area contributed by atoms with E-state index in [0.29, 0.717) is 0 Å². The number of hydrogen-bond acceptors (Lipinski definition) is 4. The molecular weight excluding hydrogens is 268 g/mol. The van der Waals surface area contributed by atoms with Crippen molar-refractivity contribution >= 4 is 11.3 Å². The molecular formula is C16H16N2OS. The van der Waals surface area contributed by atoms with Crippen LogP contribution in [0.5, 0.6) is 0 Å². The molecule has 3 nitrogen and oxygen atoms in total. The lowest BCUT2D eigenvalue weighted by atomic mass is 10.2. The fraction of sp³-hybridized carbons (Fsp3) is 0.188. The van der Waals surface area contributed by atoms with Gasteiger partial charge in [0.05, 0.1) is 23.5 Å². The largest absolute Gasteiger partial charge is 0.468 e. The maximum Gasteiger partial charge on any atom is 0.117 e. The smallest absolute Gasteiger partial charge is 0.117 e. The molecule has 0 saturated heterocycles. The molecule has 1 N–H and O–H groups in total. The van der Waals surface area contributed by atoms with Gasteiger partial charge < -0.3 is 9.73 Å². The van der Waals surface area contributed by atoms with E-state index < -0.39 is 0 Å². The number of nitrogens with zero attached hydrogens (tertiary/aromatic N) is 1. The lowest BCUT2D eigenvalue weighted by Crippen LogP contribution is -2.16. The second-order valence-corrected chi connectivity index (χ2v) is 5.44. The van der Waals surface area contributed by atoms with Gasteiger partial charge in [0.15, 0.2) is 0 Å². The van der Waals surface area contributed by atoms with E-state index in [0.717, 1.165) is 36.0 Å². The van der Waals surface area contributed by atoms with E-state index in [1.165, 1.54) is 5.56 Å². The van der Waals surface area contributed by atoms with Gasteiger partial charge in [0.2, 0.25) is 0 Å². The second-order valence-electron chi connectivity index (χ2n) is 4.50. The normalized spacial score (nSPS) is 10.8. The third-order valence-electron chi connectivity index (χ3n) is 3.02. The van der Waals surface area contributed by atoms with E-state index in [9.17, 15) is 0 Å². The van der Waals surface area contributed by atoms with Crippen LogP contribution in [0, 0.1) is 0 Å². The Balaban J connectivity index is 1.50. The maximum absolute atomic E-state index is 5.27. The van der Waals surface area contributed by atoms with Crippen LogP contribution in [0.15, 0.2) is 58.5 Å². The van der Waals surface area contributed by atoms with Gasteiger partial charge in [-0.15, -0.1) is 11.3 Å². The number of furan rings is 1. The van der Waals surface area contributed by atoms with Gasteiger partial charge in [-0.2, -0.15) is 0 Å². The predicted octanol–water partition coefficient (Wildman–Crippen LogP) is 3.74. The lowest BCUT2D eigenvalue weighted by Gasteiger charge is -2.00. The van der Waals surface area contributed by atoms with E-state index in [-0.39, 0.29) is 0 Å². The van der Waals surface area contributed by atoms with Crippen molar-refractivity contribution in [2.24, 2.45) is 0 Å². The van der Waals surface area contributed by atoms with Crippen LogP contribution >= 0.6 is 11.3 Å². The Hall–Kier alpha value is -1.91. The monoisotopic (exact) mass is 284 g/mol. The minimum Gasteiger partial charge on any atom is -0.468 e. The Labute approximate surface area is 122 Å². The first-order chi connectivity index (χ1) is 9.92. The molecule has 0 fully saturated rings. The van der Waals surface area contributed by atoms with Crippen molar-refractivity contribution in [1.29, 1.82) is 0 Å². The molecule has 2 heterocycles. The van der Waals surface area contributed by atoms with Crippen LogP contribution in [-0.4, -0.2) is 11.5 Å². The lowest BCUT2D eigenvalue weighted by molar-refractivity contribution is 0.484. The van der Waals surface area contributed by atoms with E-state index in [1.54, 1.807) is 17.6 Å². The Morgan fingerprint density at radius 1 is 1.10 bits per heavy atom. The SMILES string of the molecule is c1ccc(-c2csc(CCNCc3ccco3)n2)cc1. The number of hydrogen-bond donors (Lipinski definition) is 1. The highest BCUT2D eigenvalue weighted by Gasteiger charge is 2.04. The zero-order valence-electron chi connectivity index (χ0n) is 11.1. The third kappa shape index (κ3) is 3.35. The Kier molecular flexibility index (Phi) is 4.25. The van der Waals surface area contributed by atoms with Crippen LogP contribution in [0.3, 0.4) is 0 Å². The molecule has 1 aromatic carbocycles. The van der Waals surface area contributed by atoms with Crippen LogP contribution in [0.4, 0.5) is 0 Å². The first-order valence-electron chi connectivity index (χ1n) is 6.65. The fourth-order valence-electron chi connectivity index (χ4n) is 1.99. The van der Waals surface area contributed by atoms with Crippen molar-refractivity contribution in [3.05, 3.63) is 64.9 Å². The fourth-order valence-corrected chi connectivity index (χ4v) is 2.79.